The zero-order valence-electron chi connectivity index (χ0n) is 10.1. The van der Waals surface area contributed by atoms with Crippen LogP contribution in [0, 0.1) is 0 Å². The van der Waals surface area contributed by atoms with Gasteiger partial charge < -0.3 is 10.4 Å². The zero-order valence-corrected chi connectivity index (χ0v) is 10.1. The third-order valence-corrected chi connectivity index (χ3v) is 2.74. The van der Waals surface area contributed by atoms with Gasteiger partial charge in [0, 0.05) is 0 Å². The first kappa shape index (κ1) is 12.8. The van der Waals surface area contributed by atoms with E-state index in [0.717, 1.165) is 11.1 Å². The molecule has 2 N–H and O–H groups in total. The Hall–Kier alpha value is -2.62. The number of hydrogen-bond acceptors (Lipinski definition) is 2. The predicted molar refractivity (Wildman–Crippen MR) is 70.5 cm³/mol. The summed E-state index contributed by atoms with van der Waals surface area (Å²) in [7, 11) is 0. The van der Waals surface area contributed by atoms with Crippen molar-refractivity contribution in [3.05, 3.63) is 71.8 Å². The van der Waals surface area contributed by atoms with E-state index in [0.29, 0.717) is 0 Å². The number of carboxylic acid groups (broad SMARTS) is 1. The van der Waals surface area contributed by atoms with Gasteiger partial charge in [-0.1, -0.05) is 60.7 Å². The van der Waals surface area contributed by atoms with Crippen LogP contribution in [0.5, 0.6) is 0 Å². The van der Waals surface area contributed by atoms with Crippen molar-refractivity contribution < 1.29 is 14.7 Å². The van der Waals surface area contributed by atoms with Crippen LogP contribution in [0.25, 0.3) is 0 Å². The second kappa shape index (κ2) is 5.82. The summed E-state index contributed by atoms with van der Waals surface area (Å²) < 4.78 is 0. The number of amides is 1. The molecule has 2 aromatic carbocycles. The maximum Gasteiger partial charge on any atom is 0.394 e. The molecule has 0 aromatic heterocycles. The van der Waals surface area contributed by atoms with Gasteiger partial charge in [0.15, 0.2) is 0 Å². The fraction of sp³-hybridized carbons (Fsp3) is 0.0667. The molecular formula is C15H13NO3. The molecule has 19 heavy (non-hydrogen) atoms. The third kappa shape index (κ3) is 3.19. The van der Waals surface area contributed by atoms with Crippen molar-refractivity contribution >= 4 is 11.9 Å². The zero-order chi connectivity index (χ0) is 13.7. The lowest BCUT2D eigenvalue weighted by atomic mass is 9.99. The van der Waals surface area contributed by atoms with Gasteiger partial charge in [0.25, 0.3) is 0 Å². The molecule has 0 radical (unpaired) electrons. The Labute approximate surface area is 110 Å². The standard InChI is InChI=1S/C15H13NO3/c17-14(15(18)19)16-13(11-7-3-1-4-8-11)12-9-5-2-6-10-12/h1-10,13H,(H,16,17)(H,18,19). The van der Waals surface area contributed by atoms with E-state index in [-0.39, 0.29) is 0 Å². The number of carboxylic acids is 1. The van der Waals surface area contributed by atoms with Crippen LogP contribution in [0.4, 0.5) is 0 Å². The molecule has 2 aromatic rings. The highest BCUT2D eigenvalue weighted by molar-refractivity contribution is 6.31. The van der Waals surface area contributed by atoms with Gasteiger partial charge in [-0.2, -0.15) is 0 Å². The number of aliphatic carboxylic acids is 1. The molecule has 0 atom stereocenters. The second-order valence-electron chi connectivity index (χ2n) is 4.03. The Morgan fingerprint density at radius 1 is 0.842 bits per heavy atom. The van der Waals surface area contributed by atoms with Gasteiger partial charge in [-0.3, -0.25) is 4.79 Å². The first-order chi connectivity index (χ1) is 9.18. The Balaban J connectivity index is 2.34. The summed E-state index contributed by atoms with van der Waals surface area (Å²) in [6, 6.07) is 18.0. The smallest absolute Gasteiger partial charge is 0.394 e. The third-order valence-electron chi connectivity index (χ3n) is 2.74. The number of hydrogen-bond donors (Lipinski definition) is 2. The minimum Gasteiger partial charge on any atom is -0.474 e. The molecule has 0 unspecified atom stereocenters. The molecule has 96 valence electrons. The van der Waals surface area contributed by atoms with Gasteiger partial charge in [-0.05, 0) is 11.1 Å². The quantitative estimate of drug-likeness (QED) is 0.824. The molecule has 0 bridgehead atoms. The Bertz CT molecular complexity index is 527. The van der Waals surface area contributed by atoms with Crippen LogP contribution in [0.15, 0.2) is 60.7 Å². The Kier molecular flexibility index (Phi) is 3.93. The van der Waals surface area contributed by atoms with Crippen LogP contribution in [0.3, 0.4) is 0 Å². The number of rotatable bonds is 3. The van der Waals surface area contributed by atoms with E-state index in [1.807, 2.05) is 60.7 Å². The molecule has 1 amide bonds. The van der Waals surface area contributed by atoms with Crippen LogP contribution >= 0.6 is 0 Å². The van der Waals surface area contributed by atoms with Gasteiger partial charge in [-0.25, -0.2) is 4.79 Å². The molecule has 0 spiro atoms. The average molecular weight is 255 g/mol. The van der Waals surface area contributed by atoms with Crippen molar-refractivity contribution in [1.82, 2.24) is 5.32 Å². The van der Waals surface area contributed by atoms with Crippen molar-refractivity contribution in [2.75, 3.05) is 0 Å². The minimum atomic E-state index is -1.49. The van der Waals surface area contributed by atoms with Crippen LogP contribution in [0.1, 0.15) is 17.2 Å². The Morgan fingerprint density at radius 2 is 1.26 bits per heavy atom. The van der Waals surface area contributed by atoms with Crippen molar-refractivity contribution in [3.8, 4) is 0 Å². The summed E-state index contributed by atoms with van der Waals surface area (Å²) in [5.41, 5.74) is 1.67. The highest BCUT2D eigenvalue weighted by atomic mass is 16.4. The fourth-order valence-electron chi connectivity index (χ4n) is 1.84. The van der Waals surface area contributed by atoms with Gasteiger partial charge in [0.1, 0.15) is 0 Å². The van der Waals surface area contributed by atoms with Crippen LogP contribution < -0.4 is 5.32 Å². The minimum absolute atomic E-state index is 0.467. The maximum absolute atomic E-state index is 11.4. The maximum atomic E-state index is 11.4. The van der Waals surface area contributed by atoms with Crippen molar-refractivity contribution in [2.24, 2.45) is 0 Å². The van der Waals surface area contributed by atoms with Crippen molar-refractivity contribution in [1.29, 1.82) is 0 Å². The van der Waals surface area contributed by atoms with Gasteiger partial charge in [0.2, 0.25) is 0 Å². The molecule has 2 rings (SSSR count). The first-order valence-corrected chi connectivity index (χ1v) is 5.82. The van der Waals surface area contributed by atoms with E-state index >= 15 is 0 Å². The second-order valence-corrected chi connectivity index (χ2v) is 4.03. The number of nitrogens with one attached hydrogen (secondary N) is 1. The normalized spacial score (nSPS) is 10.2. The molecule has 4 heteroatoms. The van der Waals surface area contributed by atoms with Crippen molar-refractivity contribution in [2.45, 2.75) is 6.04 Å². The molecule has 0 aliphatic rings. The van der Waals surface area contributed by atoms with Gasteiger partial charge in [0.05, 0.1) is 6.04 Å². The topological polar surface area (TPSA) is 66.4 Å². The highest BCUT2D eigenvalue weighted by Crippen LogP contribution is 2.21. The lowest BCUT2D eigenvalue weighted by molar-refractivity contribution is -0.150. The van der Waals surface area contributed by atoms with Crippen LogP contribution in [-0.4, -0.2) is 17.0 Å². The van der Waals surface area contributed by atoms with E-state index in [2.05, 4.69) is 5.32 Å². The van der Waals surface area contributed by atoms with Gasteiger partial charge >= 0.3 is 11.9 Å². The lowest BCUT2D eigenvalue weighted by Gasteiger charge is -2.18. The number of carbonyl (C=O) groups excluding carboxylic acids is 1. The molecule has 0 heterocycles. The highest BCUT2D eigenvalue weighted by Gasteiger charge is 2.20. The molecule has 0 aliphatic carbocycles. The molecule has 0 saturated heterocycles. The van der Waals surface area contributed by atoms with E-state index < -0.39 is 17.9 Å². The molecule has 0 fully saturated rings. The summed E-state index contributed by atoms with van der Waals surface area (Å²) >= 11 is 0. The first-order valence-electron chi connectivity index (χ1n) is 5.82. The number of carbonyl (C=O) groups is 2. The molecule has 0 saturated carbocycles. The molecule has 4 nitrogen and oxygen atoms in total. The summed E-state index contributed by atoms with van der Waals surface area (Å²) in [5, 5.41) is 11.2. The van der Waals surface area contributed by atoms with Crippen LogP contribution in [0.2, 0.25) is 0 Å². The summed E-state index contributed by atoms with van der Waals surface area (Å²) in [6.45, 7) is 0. The van der Waals surface area contributed by atoms with Crippen LogP contribution in [-0.2, 0) is 9.59 Å². The largest absolute Gasteiger partial charge is 0.474 e. The van der Waals surface area contributed by atoms with E-state index in [1.54, 1.807) is 0 Å². The fourth-order valence-corrected chi connectivity index (χ4v) is 1.84. The van der Waals surface area contributed by atoms with Gasteiger partial charge in [-0.15, -0.1) is 0 Å². The van der Waals surface area contributed by atoms with E-state index in [1.165, 1.54) is 0 Å². The SMILES string of the molecule is O=C(O)C(=O)NC(c1ccccc1)c1ccccc1. The molecule has 0 aliphatic heterocycles. The summed E-state index contributed by atoms with van der Waals surface area (Å²) in [4.78, 5) is 22.1. The average Bonchev–Trinajstić information content (AvgIpc) is 2.46. The molecular weight excluding hydrogens is 242 g/mol. The predicted octanol–water partition coefficient (Wildman–Crippen LogP) is 1.98. The monoisotopic (exact) mass is 255 g/mol. The Morgan fingerprint density at radius 3 is 1.63 bits per heavy atom. The lowest BCUT2D eigenvalue weighted by Crippen LogP contribution is -2.34. The van der Waals surface area contributed by atoms with Crippen molar-refractivity contribution in [3.63, 3.8) is 0 Å². The van der Waals surface area contributed by atoms with E-state index in [9.17, 15) is 9.59 Å². The van der Waals surface area contributed by atoms with E-state index in [4.69, 9.17) is 5.11 Å². The number of benzene rings is 2. The summed E-state index contributed by atoms with van der Waals surface area (Å²) in [5.74, 6) is -2.51. The summed E-state index contributed by atoms with van der Waals surface area (Å²) in [6.07, 6.45) is 0.